The number of hydrogen-bond donors (Lipinski definition) is 2. The van der Waals surface area contributed by atoms with Crippen LogP contribution >= 0.6 is 0 Å². The zero-order chi connectivity index (χ0) is 15.0. The SMILES string of the molecule is CC(C)OCCCNC(=O)CN(C)CC1(O)CCCC1. The zero-order valence-corrected chi connectivity index (χ0v) is 13.2. The van der Waals surface area contributed by atoms with Gasteiger partial charge in [-0.1, -0.05) is 12.8 Å². The number of ether oxygens (including phenoxy) is 1. The first kappa shape index (κ1) is 17.4. The summed E-state index contributed by atoms with van der Waals surface area (Å²) in [6, 6.07) is 0. The van der Waals surface area contributed by atoms with Gasteiger partial charge in [0.25, 0.3) is 0 Å². The van der Waals surface area contributed by atoms with Gasteiger partial charge in [-0.2, -0.15) is 0 Å². The monoisotopic (exact) mass is 286 g/mol. The molecule has 2 N–H and O–H groups in total. The van der Waals surface area contributed by atoms with Crippen molar-refractivity contribution in [2.24, 2.45) is 0 Å². The van der Waals surface area contributed by atoms with Crippen molar-refractivity contribution in [1.29, 1.82) is 0 Å². The van der Waals surface area contributed by atoms with Crippen molar-refractivity contribution in [2.75, 3.05) is 33.3 Å². The van der Waals surface area contributed by atoms with Gasteiger partial charge >= 0.3 is 0 Å². The summed E-state index contributed by atoms with van der Waals surface area (Å²) in [6.07, 6.45) is 4.96. The number of nitrogens with one attached hydrogen (secondary N) is 1. The Hall–Kier alpha value is -0.650. The van der Waals surface area contributed by atoms with Crippen molar-refractivity contribution >= 4 is 5.91 Å². The largest absolute Gasteiger partial charge is 0.389 e. The summed E-state index contributed by atoms with van der Waals surface area (Å²) in [5, 5.41) is 13.2. The Kier molecular flexibility index (Phi) is 7.48. The summed E-state index contributed by atoms with van der Waals surface area (Å²) in [4.78, 5) is 13.7. The van der Waals surface area contributed by atoms with E-state index in [0.717, 1.165) is 32.1 Å². The minimum Gasteiger partial charge on any atom is -0.389 e. The quantitative estimate of drug-likeness (QED) is 0.624. The Bertz CT molecular complexity index is 289. The third-order valence-corrected chi connectivity index (χ3v) is 3.61. The molecule has 1 fully saturated rings. The standard InChI is InChI=1S/C15H30N2O3/c1-13(2)20-10-6-9-16-14(18)11-17(3)12-15(19)7-4-5-8-15/h13,19H,4-12H2,1-3H3,(H,16,18). The highest BCUT2D eigenvalue weighted by Crippen LogP contribution is 2.29. The van der Waals surface area contributed by atoms with E-state index >= 15 is 0 Å². The molecule has 0 unspecified atom stereocenters. The van der Waals surface area contributed by atoms with Gasteiger partial charge in [-0.05, 0) is 40.2 Å². The molecule has 0 atom stereocenters. The van der Waals surface area contributed by atoms with E-state index in [4.69, 9.17) is 4.74 Å². The van der Waals surface area contributed by atoms with Crippen molar-refractivity contribution in [2.45, 2.75) is 57.7 Å². The Morgan fingerprint density at radius 1 is 1.40 bits per heavy atom. The number of nitrogens with zero attached hydrogens (tertiary/aromatic N) is 1. The normalized spacial score (nSPS) is 17.9. The van der Waals surface area contributed by atoms with Gasteiger partial charge in [0.05, 0.1) is 18.2 Å². The van der Waals surface area contributed by atoms with Gasteiger partial charge in [0, 0.05) is 19.7 Å². The van der Waals surface area contributed by atoms with E-state index in [1.807, 2.05) is 25.8 Å². The molecule has 1 aliphatic carbocycles. The topological polar surface area (TPSA) is 61.8 Å². The molecular weight excluding hydrogens is 256 g/mol. The van der Waals surface area contributed by atoms with Crippen molar-refractivity contribution in [3.63, 3.8) is 0 Å². The lowest BCUT2D eigenvalue weighted by atomic mass is 10.0. The Balaban J connectivity index is 2.09. The molecule has 5 nitrogen and oxygen atoms in total. The molecule has 0 aromatic rings. The summed E-state index contributed by atoms with van der Waals surface area (Å²) in [5.41, 5.74) is -0.583. The summed E-state index contributed by atoms with van der Waals surface area (Å²) in [5.74, 6) is 0.0126. The second-order valence-electron chi connectivity index (χ2n) is 6.23. The molecule has 20 heavy (non-hydrogen) atoms. The maximum atomic E-state index is 11.8. The van der Waals surface area contributed by atoms with E-state index in [1.165, 1.54) is 0 Å². The van der Waals surface area contributed by atoms with E-state index < -0.39 is 5.60 Å². The van der Waals surface area contributed by atoms with Crippen LogP contribution < -0.4 is 5.32 Å². The van der Waals surface area contributed by atoms with E-state index in [9.17, 15) is 9.90 Å². The van der Waals surface area contributed by atoms with Crippen LogP contribution in [0.2, 0.25) is 0 Å². The minimum atomic E-state index is -0.583. The third-order valence-electron chi connectivity index (χ3n) is 3.61. The van der Waals surface area contributed by atoms with Crippen molar-refractivity contribution < 1.29 is 14.6 Å². The predicted molar refractivity (Wildman–Crippen MR) is 79.6 cm³/mol. The first-order valence-corrected chi connectivity index (χ1v) is 7.70. The van der Waals surface area contributed by atoms with Gasteiger partial charge in [-0.15, -0.1) is 0 Å². The first-order valence-electron chi connectivity index (χ1n) is 7.70. The van der Waals surface area contributed by atoms with Crippen molar-refractivity contribution in [1.82, 2.24) is 10.2 Å². The molecule has 0 aliphatic heterocycles. The molecule has 0 radical (unpaired) electrons. The molecule has 1 saturated carbocycles. The summed E-state index contributed by atoms with van der Waals surface area (Å²) in [6.45, 7) is 6.24. The molecule has 0 spiro atoms. The first-order chi connectivity index (χ1) is 9.41. The molecule has 0 aromatic heterocycles. The summed E-state index contributed by atoms with van der Waals surface area (Å²) < 4.78 is 5.41. The molecule has 118 valence electrons. The summed E-state index contributed by atoms with van der Waals surface area (Å²) >= 11 is 0. The number of carbonyl (C=O) groups is 1. The Labute approximate surface area is 122 Å². The van der Waals surface area contributed by atoms with Gasteiger partial charge in [-0.25, -0.2) is 0 Å². The fourth-order valence-electron chi connectivity index (χ4n) is 2.67. The van der Waals surface area contributed by atoms with Crippen LogP contribution in [-0.4, -0.2) is 60.9 Å². The molecule has 0 aromatic carbocycles. The number of hydrogen-bond acceptors (Lipinski definition) is 4. The van der Waals surface area contributed by atoms with E-state index in [1.54, 1.807) is 0 Å². The van der Waals surface area contributed by atoms with E-state index in [-0.39, 0.29) is 12.0 Å². The Morgan fingerprint density at radius 2 is 2.05 bits per heavy atom. The van der Waals surface area contributed by atoms with Crippen LogP contribution in [0.4, 0.5) is 0 Å². The number of likely N-dealkylation sites (N-methyl/N-ethyl adjacent to an activating group) is 1. The zero-order valence-electron chi connectivity index (χ0n) is 13.2. The molecular formula is C15H30N2O3. The van der Waals surface area contributed by atoms with E-state index in [0.29, 0.717) is 26.2 Å². The average molecular weight is 286 g/mol. The maximum absolute atomic E-state index is 11.8. The van der Waals surface area contributed by atoms with Crippen molar-refractivity contribution in [3.05, 3.63) is 0 Å². The number of amides is 1. The van der Waals surface area contributed by atoms with Crippen LogP contribution in [0.5, 0.6) is 0 Å². The molecule has 1 aliphatic rings. The van der Waals surface area contributed by atoms with Gasteiger partial charge < -0.3 is 15.2 Å². The highest BCUT2D eigenvalue weighted by atomic mass is 16.5. The molecule has 0 heterocycles. The lowest BCUT2D eigenvalue weighted by Crippen LogP contribution is -2.43. The number of aliphatic hydroxyl groups is 1. The highest BCUT2D eigenvalue weighted by Gasteiger charge is 2.32. The van der Waals surface area contributed by atoms with Crippen LogP contribution in [0.15, 0.2) is 0 Å². The van der Waals surface area contributed by atoms with Gasteiger partial charge in [0.1, 0.15) is 0 Å². The molecule has 1 amide bonds. The highest BCUT2D eigenvalue weighted by molar-refractivity contribution is 5.77. The fourth-order valence-corrected chi connectivity index (χ4v) is 2.67. The lowest BCUT2D eigenvalue weighted by molar-refractivity contribution is -0.122. The van der Waals surface area contributed by atoms with Gasteiger partial charge in [0.15, 0.2) is 0 Å². The third kappa shape index (κ3) is 7.22. The number of rotatable bonds is 9. The fraction of sp³-hybridized carbons (Fsp3) is 0.933. The van der Waals surface area contributed by atoms with Gasteiger partial charge in [-0.3, -0.25) is 9.69 Å². The Morgan fingerprint density at radius 3 is 2.65 bits per heavy atom. The second kappa shape index (κ2) is 8.60. The predicted octanol–water partition coefficient (Wildman–Crippen LogP) is 1.15. The lowest BCUT2D eigenvalue weighted by Gasteiger charge is -2.28. The van der Waals surface area contributed by atoms with Gasteiger partial charge in [0.2, 0.25) is 5.91 Å². The number of carbonyl (C=O) groups excluding carboxylic acids is 1. The van der Waals surface area contributed by atoms with Crippen molar-refractivity contribution in [3.8, 4) is 0 Å². The van der Waals surface area contributed by atoms with Crippen LogP contribution in [0.25, 0.3) is 0 Å². The minimum absolute atomic E-state index is 0.0126. The summed E-state index contributed by atoms with van der Waals surface area (Å²) in [7, 11) is 1.89. The van der Waals surface area contributed by atoms with E-state index in [2.05, 4.69) is 5.32 Å². The smallest absolute Gasteiger partial charge is 0.234 e. The molecule has 5 heteroatoms. The van der Waals surface area contributed by atoms with Crippen LogP contribution in [0.1, 0.15) is 46.0 Å². The second-order valence-corrected chi connectivity index (χ2v) is 6.23. The molecule has 0 saturated heterocycles. The average Bonchev–Trinajstić information content (AvgIpc) is 2.74. The van der Waals surface area contributed by atoms with Crippen LogP contribution in [0, 0.1) is 0 Å². The molecule has 0 bridgehead atoms. The van der Waals surface area contributed by atoms with Crippen LogP contribution in [0.3, 0.4) is 0 Å². The van der Waals surface area contributed by atoms with Crippen LogP contribution in [-0.2, 0) is 9.53 Å². The maximum Gasteiger partial charge on any atom is 0.234 e. The molecule has 1 rings (SSSR count).